The average molecular weight is 221 g/mol. The second kappa shape index (κ2) is 5.46. The van der Waals surface area contributed by atoms with Crippen LogP contribution in [0.15, 0.2) is 24.3 Å². The Morgan fingerprint density at radius 1 is 1.38 bits per heavy atom. The van der Waals surface area contributed by atoms with Crippen molar-refractivity contribution < 1.29 is 4.74 Å². The van der Waals surface area contributed by atoms with Crippen LogP contribution in [0.5, 0.6) is 0 Å². The normalized spacial score (nSPS) is 13.8. The van der Waals surface area contributed by atoms with Gasteiger partial charge in [0.1, 0.15) is 0 Å². The second-order valence-electron chi connectivity index (χ2n) is 5.02. The third kappa shape index (κ3) is 3.95. The fourth-order valence-electron chi connectivity index (χ4n) is 1.67. The first-order valence-corrected chi connectivity index (χ1v) is 5.82. The first-order chi connectivity index (χ1) is 7.44. The van der Waals surface area contributed by atoms with E-state index in [0.29, 0.717) is 0 Å². The van der Waals surface area contributed by atoms with Crippen molar-refractivity contribution in [3.8, 4) is 0 Å². The van der Waals surface area contributed by atoms with E-state index in [-0.39, 0.29) is 11.6 Å². The minimum Gasteiger partial charge on any atom is -0.379 e. The predicted molar refractivity (Wildman–Crippen MR) is 68.4 cm³/mol. The first kappa shape index (κ1) is 13.2. The first-order valence-electron chi connectivity index (χ1n) is 5.82. The summed E-state index contributed by atoms with van der Waals surface area (Å²) >= 11 is 0. The van der Waals surface area contributed by atoms with Gasteiger partial charge in [0.2, 0.25) is 0 Å². The maximum Gasteiger partial charge on any atom is 0.0623 e. The molecule has 0 aromatic heterocycles. The largest absolute Gasteiger partial charge is 0.379 e. The number of ether oxygens (including phenoxy) is 1. The van der Waals surface area contributed by atoms with Crippen LogP contribution in [-0.2, 0) is 4.74 Å². The Hall–Kier alpha value is -0.860. The van der Waals surface area contributed by atoms with E-state index in [9.17, 15) is 0 Å². The third-order valence-corrected chi connectivity index (χ3v) is 3.08. The summed E-state index contributed by atoms with van der Waals surface area (Å²) in [6.45, 7) is 6.28. The highest BCUT2D eigenvalue weighted by Crippen LogP contribution is 2.23. The fraction of sp³-hybridized carbons (Fsp3) is 0.571. The van der Waals surface area contributed by atoms with Crippen LogP contribution in [0.25, 0.3) is 0 Å². The molecule has 1 rings (SSSR count). The molecule has 1 unspecified atom stereocenters. The van der Waals surface area contributed by atoms with E-state index in [0.717, 1.165) is 12.8 Å². The molecule has 2 nitrogen and oxygen atoms in total. The lowest BCUT2D eigenvalue weighted by atomic mass is 9.95. The van der Waals surface area contributed by atoms with Crippen LogP contribution < -0.4 is 5.73 Å². The number of hydrogen-bond donors (Lipinski definition) is 1. The van der Waals surface area contributed by atoms with E-state index in [4.69, 9.17) is 10.5 Å². The topological polar surface area (TPSA) is 35.2 Å². The molecule has 0 spiro atoms. The molecule has 0 aliphatic carbocycles. The molecular weight excluding hydrogens is 198 g/mol. The molecule has 0 aliphatic rings. The van der Waals surface area contributed by atoms with Gasteiger partial charge in [-0.1, -0.05) is 29.8 Å². The van der Waals surface area contributed by atoms with Crippen LogP contribution in [-0.4, -0.2) is 12.7 Å². The van der Waals surface area contributed by atoms with Gasteiger partial charge in [-0.2, -0.15) is 0 Å². The highest BCUT2D eigenvalue weighted by atomic mass is 16.5. The van der Waals surface area contributed by atoms with Crippen LogP contribution in [0, 0.1) is 6.92 Å². The van der Waals surface area contributed by atoms with E-state index < -0.39 is 0 Å². The van der Waals surface area contributed by atoms with E-state index in [2.05, 4.69) is 45.0 Å². The molecule has 1 atom stereocenters. The average Bonchev–Trinajstić information content (AvgIpc) is 2.26. The number of methoxy groups -OCH3 is 1. The van der Waals surface area contributed by atoms with Gasteiger partial charge in [0, 0.05) is 13.2 Å². The van der Waals surface area contributed by atoms with Gasteiger partial charge in [0.15, 0.2) is 0 Å². The summed E-state index contributed by atoms with van der Waals surface area (Å²) in [5.41, 5.74) is 8.57. The quantitative estimate of drug-likeness (QED) is 0.828. The number of nitrogens with two attached hydrogens (primary N) is 1. The highest BCUT2D eigenvalue weighted by Gasteiger charge is 2.18. The Kier molecular flexibility index (Phi) is 4.51. The zero-order valence-corrected chi connectivity index (χ0v) is 10.8. The molecule has 90 valence electrons. The lowest BCUT2D eigenvalue weighted by Gasteiger charge is -2.24. The summed E-state index contributed by atoms with van der Waals surface area (Å²) in [5.74, 6) is 0. The van der Waals surface area contributed by atoms with Crippen molar-refractivity contribution in [2.45, 2.75) is 45.3 Å². The minimum absolute atomic E-state index is 0.0819. The molecule has 2 N–H and O–H groups in total. The maximum atomic E-state index is 6.17. The lowest BCUT2D eigenvalue weighted by Crippen LogP contribution is -2.24. The van der Waals surface area contributed by atoms with Gasteiger partial charge in [-0.3, -0.25) is 0 Å². The van der Waals surface area contributed by atoms with Crippen LogP contribution in [0.1, 0.15) is 43.9 Å². The Balaban J connectivity index is 2.56. The smallest absolute Gasteiger partial charge is 0.0623 e. The molecule has 16 heavy (non-hydrogen) atoms. The molecule has 2 heteroatoms. The van der Waals surface area contributed by atoms with Crippen molar-refractivity contribution in [3.05, 3.63) is 35.4 Å². The van der Waals surface area contributed by atoms with Crippen LogP contribution in [0.3, 0.4) is 0 Å². The standard InChI is InChI=1S/C14H23NO/c1-11-6-5-7-12(10-11)13(15)8-9-14(2,3)16-4/h5-7,10,13H,8-9,15H2,1-4H3. The zero-order valence-electron chi connectivity index (χ0n) is 10.8. The molecular formula is C14H23NO. The van der Waals surface area contributed by atoms with Gasteiger partial charge in [-0.25, -0.2) is 0 Å². The monoisotopic (exact) mass is 221 g/mol. The van der Waals surface area contributed by atoms with Crippen molar-refractivity contribution in [2.75, 3.05) is 7.11 Å². The number of benzene rings is 1. The minimum atomic E-state index is -0.0819. The lowest BCUT2D eigenvalue weighted by molar-refractivity contribution is 0.0125. The van der Waals surface area contributed by atoms with E-state index in [1.807, 2.05) is 0 Å². The summed E-state index contributed by atoms with van der Waals surface area (Å²) in [7, 11) is 1.75. The SMILES string of the molecule is COC(C)(C)CCC(N)c1cccc(C)c1. The molecule has 0 heterocycles. The van der Waals surface area contributed by atoms with E-state index in [1.54, 1.807) is 7.11 Å². The molecule has 1 aromatic rings. The second-order valence-corrected chi connectivity index (χ2v) is 5.02. The Morgan fingerprint density at radius 2 is 2.06 bits per heavy atom. The van der Waals surface area contributed by atoms with E-state index in [1.165, 1.54) is 11.1 Å². The van der Waals surface area contributed by atoms with Crippen LogP contribution in [0.4, 0.5) is 0 Å². The van der Waals surface area contributed by atoms with Crippen molar-refractivity contribution in [2.24, 2.45) is 5.73 Å². The predicted octanol–water partition coefficient (Wildman–Crippen LogP) is 3.20. The zero-order chi connectivity index (χ0) is 12.2. The summed E-state index contributed by atoms with van der Waals surface area (Å²) < 4.78 is 5.39. The fourth-order valence-corrected chi connectivity index (χ4v) is 1.67. The van der Waals surface area contributed by atoms with Gasteiger partial charge in [0.05, 0.1) is 5.60 Å². The molecule has 0 fully saturated rings. The van der Waals surface area contributed by atoms with Gasteiger partial charge in [-0.15, -0.1) is 0 Å². The number of hydrogen-bond acceptors (Lipinski definition) is 2. The third-order valence-electron chi connectivity index (χ3n) is 3.08. The highest BCUT2D eigenvalue weighted by molar-refractivity contribution is 5.24. The summed E-state index contributed by atoms with van der Waals surface area (Å²) in [4.78, 5) is 0. The van der Waals surface area contributed by atoms with Crippen molar-refractivity contribution in [1.82, 2.24) is 0 Å². The van der Waals surface area contributed by atoms with Gasteiger partial charge >= 0.3 is 0 Å². The molecule has 0 saturated heterocycles. The summed E-state index contributed by atoms with van der Waals surface area (Å²) in [5, 5.41) is 0. The maximum absolute atomic E-state index is 6.17. The Bertz CT molecular complexity index is 333. The van der Waals surface area contributed by atoms with Gasteiger partial charge in [0.25, 0.3) is 0 Å². The summed E-state index contributed by atoms with van der Waals surface area (Å²) in [6, 6.07) is 8.51. The van der Waals surface area contributed by atoms with Crippen molar-refractivity contribution in [3.63, 3.8) is 0 Å². The van der Waals surface area contributed by atoms with Gasteiger partial charge in [-0.05, 0) is 39.2 Å². The molecule has 0 amide bonds. The molecule has 0 aliphatic heterocycles. The van der Waals surface area contributed by atoms with Crippen LogP contribution >= 0.6 is 0 Å². The molecule has 1 aromatic carbocycles. The Labute approximate surface area is 98.8 Å². The van der Waals surface area contributed by atoms with Crippen molar-refractivity contribution >= 4 is 0 Å². The number of rotatable bonds is 5. The van der Waals surface area contributed by atoms with E-state index >= 15 is 0 Å². The molecule has 0 bridgehead atoms. The van der Waals surface area contributed by atoms with Gasteiger partial charge < -0.3 is 10.5 Å². The Morgan fingerprint density at radius 3 is 2.62 bits per heavy atom. The number of aryl methyl sites for hydroxylation is 1. The molecule has 0 radical (unpaired) electrons. The molecule has 0 saturated carbocycles. The van der Waals surface area contributed by atoms with Crippen molar-refractivity contribution in [1.29, 1.82) is 0 Å². The summed E-state index contributed by atoms with van der Waals surface area (Å²) in [6.07, 6.45) is 1.92. The van der Waals surface area contributed by atoms with Crippen LogP contribution in [0.2, 0.25) is 0 Å².